The van der Waals surface area contributed by atoms with Crippen molar-refractivity contribution in [3.63, 3.8) is 0 Å². The fourth-order valence-corrected chi connectivity index (χ4v) is 1.67. The van der Waals surface area contributed by atoms with Crippen LogP contribution in [0, 0.1) is 0 Å². The molecule has 1 amide bonds. The van der Waals surface area contributed by atoms with Gasteiger partial charge in [0.25, 0.3) is 0 Å². The quantitative estimate of drug-likeness (QED) is 0.879. The zero-order chi connectivity index (χ0) is 14.5. The van der Waals surface area contributed by atoms with Gasteiger partial charge >= 0.3 is 6.09 Å². The Morgan fingerprint density at radius 1 is 1.42 bits per heavy atom. The fraction of sp³-hybridized carbons (Fsp3) is 0.533. The highest BCUT2D eigenvalue weighted by molar-refractivity contribution is 5.67. The van der Waals surface area contributed by atoms with Gasteiger partial charge in [-0.1, -0.05) is 31.2 Å². The number of hydrogen-bond acceptors (Lipinski definition) is 3. The largest absolute Gasteiger partial charge is 0.444 e. The van der Waals surface area contributed by atoms with E-state index >= 15 is 0 Å². The summed E-state index contributed by atoms with van der Waals surface area (Å²) in [5.74, 6) is 0. The summed E-state index contributed by atoms with van der Waals surface area (Å²) in [4.78, 5) is 11.5. The van der Waals surface area contributed by atoms with Crippen LogP contribution < -0.4 is 11.1 Å². The van der Waals surface area contributed by atoms with Crippen molar-refractivity contribution in [2.45, 2.75) is 45.8 Å². The smallest absolute Gasteiger partial charge is 0.407 e. The molecule has 19 heavy (non-hydrogen) atoms. The summed E-state index contributed by atoms with van der Waals surface area (Å²) in [5, 5.41) is 2.69. The van der Waals surface area contributed by atoms with Gasteiger partial charge in [-0.15, -0.1) is 0 Å². The van der Waals surface area contributed by atoms with Crippen LogP contribution >= 0.6 is 0 Å². The first-order chi connectivity index (χ1) is 8.81. The van der Waals surface area contributed by atoms with Crippen LogP contribution in [0.1, 0.15) is 44.9 Å². The third-order valence-electron chi connectivity index (χ3n) is 2.65. The zero-order valence-electron chi connectivity index (χ0n) is 12.2. The van der Waals surface area contributed by atoms with Crippen molar-refractivity contribution in [3.8, 4) is 0 Å². The zero-order valence-corrected chi connectivity index (χ0v) is 12.2. The van der Waals surface area contributed by atoms with Crippen LogP contribution in [-0.4, -0.2) is 18.2 Å². The maximum atomic E-state index is 11.5. The Hall–Kier alpha value is -1.55. The molecule has 1 atom stereocenters. The van der Waals surface area contributed by atoms with Crippen molar-refractivity contribution in [2.24, 2.45) is 5.73 Å². The molecule has 3 N–H and O–H groups in total. The van der Waals surface area contributed by atoms with E-state index in [4.69, 9.17) is 10.5 Å². The molecule has 0 saturated carbocycles. The third-order valence-corrected chi connectivity index (χ3v) is 2.65. The van der Waals surface area contributed by atoms with Crippen molar-refractivity contribution >= 4 is 6.09 Å². The molecule has 0 aliphatic rings. The minimum Gasteiger partial charge on any atom is -0.444 e. The number of amides is 1. The molecule has 0 saturated heterocycles. The molecule has 0 aliphatic heterocycles. The molecule has 0 fully saturated rings. The predicted molar refractivity (Wildman–Crippen MR) is 77.0 cm³/mol. The summed E-state index contributed by atoms with van der Waals surface area (Å²) >= 11 is 0. The Morgan fingerprint density at radius 3 is 2.68 bits per heavy atom. The van der Waals surface area contributed by atoms with Gasteiger partial charge < -0.3 is 15.8 Å². The third kappa shape index (κ3) is 5.75. The standard InChI is InChI=1S/C15H24N2O2/c1-5-11-7-6-8-12(9-11)13(16)10-17-14(18)19-15(2,3)4/h6-9,13H,5,10,16H2,1-4H3,(H,17,18). The van der Waals surface area contributed by atoms with E-state index in [0.717, 1.165) is 12.0 Å². The number of aryl methyl sites for hydroxylation is 1. The molecule has 1 aromatic carbocycles. The van der Waals surface area contributed by atoms with Gasteiger partial charge in [-0.25, -0.2) is 4.79 Å². The Labute approximate surface area is 115 Å². The second-order valence-electron chi connectivity index (χ2n) is 5.59. The van der Waals surface area contributed by atoms with Gasteiger partial charge in [0, 0.05) is 12.6 Å². The monoisotopic (exact) mass is 264 g/mol. The number of carbonyl (C=O) groups is 1. The van der Waals surface area contributed by atoms with E-state index in [-0.39, 0.29) is 6.04 Å². The number of carbonyl (C=O) groups excluding carboxylic acids is 1. The topological polar surface area (TPSA) is 64.3 Å². The molecule has 4 heteroatoms. The number of rotatable bonds is 4. The van der Waals surface area contributed by atoms with Crippen molar-refractivity contribution < 1.29 is 9.53 Å². The van der Waals surface area contributed by atoms with E-state index in [1.165, 1.54) is 5.56 Å². The van der Waals surface area contributed by atoms with Gasteiger partial charge in [0.1, 0.15) is 5.60 Å². The SMILES string of the molecule is CCc1cccc(C(N)CNC(=O)OC(C)(C)C)c1. The highest BCUT2D eigenvalue weighted by Gasteiger charge is 2.16. The van der Waals surface area contributed by atoms with Crippen LogP contribution in [0.15, 0.2) is 24.3 Å². The minimum atomic E-state index is -0.490. The second-order valence-corrected chi connectivity index (χ2v) is 5.59. The molecule has 0 spiro atoms. The Kier molecular flexibility index (Phi) is 5.36. The lowest BCUT2D eigenvalue weighted by molar-refractivity contribution is 0.0524. The second kappa shape index (κ2) is 6.57. The number of benzene rings is 1. The summed E-state index contributed by atoms with van der Waals surface area (Å²) in [6.45, 7) is 7.96. The molecule has 1 unspecified atom stereocenters. The van der Waals surface area contributed by atoms with Gasteiger partial charge in [0.15, 0.2) is 0 Å². The average molecular weight is 264 g/mol. The average Bonchev–Trinajstić information content (AvgIpc) is 2.34. The molecule has 0 radical (unpaired) electrons. The van der Waals surface area contributed by atoms with Crippen LogP contribution in [0.2, 0.25) is 0 Å². The lowest BCUT2D eigenvalue weighted by atomic mass is 10.0. The number of nitrogens with two attached hydrogens (primary N) is 1. The molecule has 1 rings (SSSR count). The molecule has 1 aromatic rings. The van der Waals surface area contributed by atoms with Crippen LogP contribution in [-0.2, 0) is 11.2 Å². The molecule has 0 aliphatic carbocycles. The van der Waals surface area contributed by atoms with Crippen LogP contribution in [0.25, 0.3) is 0 Å². The molecule has 0 aromatic heterocycles. The number of nitrogens with one attached hydrogen (secondary N) is 1. The van der Waals surface area contributed by atoms with E-state index in [9.17, 15) is 4.79 Å². The van der Waals surface area contributed by atoms with Gasteiger partial charge in [-0.05, 0) is 38.3 Å². The molecule has 0 heterocycles. The van der Waals surface area contributed by atoms with Crippen molar-refractivity contribution in [1.82, 2.24) is 5.32 Å². The summed E-state index contributed by atoms with van der Waals surface area (Å²) in [5.41, 5.74) is 7.84. The highest BCUT2D eigenvalue weighted by atomic mass is 16.6. The fourth-order valence-electron chi connectivity index (χ4n) is 1.67. The van der Waals surface area contributed by atoms with E-state index in [2.05, 4.69) is 24.4 Å². The summed E-state index contributed by atoms with van der Waals surface area (Å²) in [6, 6.07) is 7.88. The van der Waals surface area contributed by atoms with Crippen LogP contribution in [0.4, 0.5) is 4.79 Å². The van der Waals surface area contributed by atoms with Crippen molar-refractivity contribution in [2.75, 3.05) is 6.54 Å². The first-order valence-corrected chi connectivity index (χ1v) is 6.63. The molecular weight excluding hydrogens is 240 g/mol. The number of hydrogen-bond donors (Lipinski definition) is 2. The predicted octanol–water partition coefficient (Wildman–Crippen LogP) is 2.77. The minimum absolute atomic E-state index is 0.223. The summed E-state index contributed by atoms with van der Waals surface area (Å²) in [6.07, 6.45) is 0.537. The molecule has 4 nitrogen and oxygen atoms in total. The first-order valence-electron chi connectivity index (χ1n) is 6.63. The molecule has 0 bridgehead atoms. The van der Waals surface area contributed by atoms with Crippen LogP contribution in [0.3, 0.4) is 0 Å². The Morgan fingerprint density at radius 2 is 2.11 bits per heavy atom. The first kappa shape index (κ1) is 15.5. The Bertz CT molecular complexity index is 424. The lowest BCUT2D eigenvalue weighted by Crippen LogP contribution is -2.36. The van der Waals surface area contributed by atoms with Gasteiger partial charge in [-0.2, -0.15) is 0 Å². The number of ether oxygens (including phenoxy) is 1. The normalized spacial score (nSPS) is 12.9. The van der Waals surface area contributed by atoms with Crippen molar-refractivity contribution in [3.05, 3.63) is 35.4 Å². The van der Waals surface area contributed by atoms with Gasteiger partial charge in [-0.3, -0.25) is 0 Å². The van der Waals surface area contributed by atoms with E-state index < -0.39 is 11.7 Å². The Balaban J connectivity index is 2.51. The summed E-state index contributed by atoms with van der Waals surface area (Å²) < 4.78 is 5.16. The molecular formula is C15H24N2O2. The lowest BCUT2D eigenvalue weighted by Gasteiger charge is -2.21. The summed E-state index contributed by atoms with van der Waals surface area (Å²) in [7, 11) is 0. The maximum Gasteiger partial charge on any atom is 0.407 e. The molecule has 106 valence electrons. The van der Waals surface area contributed by atoms with Crippen LogP contribution in [0.5, 0.6) is 0 Å². The van der Waals surface area contributed by atoms with Crippen molar-refractivity contribution in [1.29, 1.82) is 0 Å². The van der Waals surface area contributed by atoms with Gasteiger partial charge in [0.2, 0.25) is 0 Å². The maximum absolute atomic E-state index is 11.5. The van der Waals surface area contributed by atoms with E-state index in [1.807, 2.05) is 32.9 Å². The number of alkyl carbamates (subject to hydrolysis) is 1. The van der Waals surface area contributed by atoms with E-state index in [0.29, 0.717) is 6.54 Å². The van der Waals surface area contributed by atoms with Gasteiger partial charge in [0.05, 0.1) is 0 Å². The van der Waals surface area contributed by atoms with E-state index in [1.54, 1.807) is 0 Å². The highest BCUT2D eigenvalue weighted by Crippen LogP contribution is 2.13.